The highest BCUT2D eigenvalue weighted by Gasteiger charge is 2.23. The van der Waals surface area contributed by atoms with Gasteiger partial charge in [-0.3, -0.25) is 0 Å². The van der Waals surface area contributed by atoms with Crippen LogP contribution in [0.4, 0.5) is 0 Å². The van der Waals surface area contributed by atoms with Crippen molar-refractivity contribution < 1.29 is 27.0 Å². The van der Waals surface area contributed by atoms with Crippen LogP contribution in [0.15, 0.2) is 138 Å². The Bertz CT molecular complexity index is 3020. The Balaban J connectivity index is 1.50. The summed E-state index contributed by atoms with van der Waals surface area (Å²) in [5.41, 5.74) is 0.898. The molecule has 8 aromatic rings. The lowest BCUT2D eigenvalue weighted by atomic mass is 9.87. The number of hydrogen-bond acceptors (Lipinski definition) is 2. The van der Waals surface area contributed by atoms with E-state index in [1.165, 1.54) is 0 Å². The summed E-state index contributed by atoms with van der Waals surface area (Å²) in [5, 5.41) is 0.381. The predicted molar refractivity (Wildman–Crippen MR) is 165 cm³/mol. The van der Waals surface area contributed by atoms with E-state index in [1.54, 1.807) is 18.2 Å². The van der Waals surface area contributed by atoms with Gasteiger partial charge < -0.3 is 9.15 Å². The minimum absolute atomic E-state index is 0.0276. The summed E-state index contributed by atoms with van der Waals surface area (Å²) in [5.74, 6) is 1.17. The summed E-state index contributed by atoms with van der Waals surface area (Å²) in [7, 11) is 0. The number of fused-ring (bicyclic) bond motifs is 7. The van der Waals surface area contributed by atoms with Gasteiger partial charge in [-0.15, -0.1) is 0 Å². The fourth-order valence-electron chi connectivity index (χ4n) is 5.66. The first kappa shape index (κ1) is 12.7. The van der Waals surface area contributed by atoms with Gasteiger partial charge >= 0.3 is 0 Å². The van der Waals surface area contributed by atoms with E-state index in [4.69, 9.17) is 22.9 Å². The quantitative estimate of drug-likeness (QED) is 0.225. The molecule has 2 nitrogen and oxygen atoms in total. The number of benzene rings is 7. The minimum Gasteiger partial charge on any atom is -0.456 e. The standard InChI is InChI=1S/C38H22O2/c1-2-10-24-23(9-1)19-20-32-37-29(16-8-18-34(37)40-38(24)32)26-12-4-3-11-25(26)27-21-22-35-36-30(27)14-7-15-31(36)28-13-5-6-17-33(28)39-35/h1-22H/i1D,2D,3D,4D,8D,9D,10D,11D,12D,16D,18D,19D,20D. The Morgan fingerprint density at radius 3 is 2.20 bits per heavy atom. The van der Waals surface area contributed by atoms with Gasteiger partial charge in [-0.25, -0.2) is 0 Å². The molecule has 0 spiro atoms. The molecule has 1 aliphatic heterocycles. The molecule has 0 fully saturated rings. The lowest BCUT2D eigenvalue weighted by Crippen LogP contribution is -1.98. The molecule has 9 rings (SSSR count). The van der Waals surface area contributed by atoms with Crippen molar-refractivity contribution in [3.05, 3.63) is 133 Å². The number of furan rings is 1. The van der Waals surface area contributed by atoms with Gasteiger partial charge in [0.15, 0.2) is 0 Å². The molecule has 0 amide bonds. The maximum Gasteiger partial charge on any atom is 0.143 e. The zero-order valence-electron chi connectivity index (χ0n) is 33.5. The maximum atomic E-state index is 9.27. The van der Waals surface area contributed by atoms with Crippen LogP contribution in [-0.2, 0) is 0 Å². The third kappa shape index (κ3) is 2.93. The van der Waals surface area contributed by atoms with Crippen LogP contribution in [0, 0.1) is 0 Å². The van der Waals surface area contributed by atoms with Gasteiger partial charge in [0.25, 0.3) is 0 Å². The molecule has 2 heteroatoms. The first-order valence-corrected chi connectivity index (χ1v) is 12.5. The summed E-state index contributed by atoms with van der Waals surface area (Å²) >= 11 is 0. The molecule has 0 saturated carbocycles. The van der Waals surface area contributed by atoms with E-state index in [9.17, 15) is 4.11 Å². The zero-order chi connectivity index (χ0) is 37.5. The van der Waals surface area contributed by atoms with Crippen LogP contribution in [-0.4, -0.2) is 0 Å². The van der Waals surface area contributed by atoms with E-state index < -0.39 is 78.6 Å². The summed E-state index contributed by atoms with van der Waals surface area (Å²) in [6, 6.07) is 8.88. The molecular formula is C38H22O2. The third-order valence-electron chi connectivity index (χ3n) is 7.36. The number of ether oxygens (including phenoxy) is 1. The molecule has 0 radical (unpaired) electrons. The second-order valence-electron chi connectivity index (χ2n) is 9.45. The van der Waals surface area contributed by atoms with Crippen LogP contribution in [0.3, 0.4) is 0 Å². The Hall–Kier alpha value is -5.34. The second kappa shape index (κ2) is 8.08. The normalized spacial score (nSPS) is 16.8. The molecule has 0 aliphatic carbocycles. The summed E-state index contributed by atoms with van der Waals surface area (Å²) in [4.78, 5) is 0. The van der Waals surface area contributed by atoms with Crippen LogP contribution < -0.4 is 4.74 Å². The Morgan fingerprint density at radius 1 is 0.450 bits per heavy atom. The number of para-hydroxylation sites is 1. The maximum absolute atomic E-state index is 9.27. The van der Waals surface area contributed by atoms with Gasteiger partial charge in [-0.2, -0.15) is 0 Å². The van der Waals surface area contributed by atoms with Crippen molar-refractivity contribution in [1.29, 1.82) is 0 Å². The van der Waals surface area contributed by atoms with Gasteiger partial charge in [0.2, 0.25) is 0 Å². The van der Waals surface area contributed by atoms with E-state index in [-0.39, 0.29) is 49.4 Å². The van der Waals surface area contributed by atoms with Crippen molar-refractivity contribution in [2.24, 2.45) is 0 Å². The Morgan fingerprint density at radius 2 is 1.25 bits per heavy atom. The topological polar surface area (TPSA) is 22.4 Å². The van der Waals surface area contributed by atoms with Crippen LogP contribution >= 0.6 is 0 Å². The molecule has 7 aromatic carbocycles. The SMILES string of the molecule is [2H]c1c([2H])c([2H])c(-c2c([2H])c([2H])c([2H])c3oc4c5c([2H])c([2H])c([2H])c([2H])c5c([2H])c([2H])c4c23)c(-c2ccc3c4c(cccc24)-c2ccccc2O3)c1[2H]. The monoisotopic (exact) mass is 523 g/mol. The van der Waals surface area contributed by atoms with Crippen molar-refractivity contribution in [3.8, 4) is 44.9 Å². The highest BCUT2D eigenvalue weighted by atomic mass is 16.5. The van der Waals surface area contributed by atoms with Gasteiger partial charge in [0.05, 0.1) is 17.8 Å². The van der Waals surface area contributed by atoms with Crippen molar-refractivity contribution in [3.63, 3.8) is 0 Å². The lowest BCUT2D eigenvalue weighted by Gasteiger charge is -2.23. The molecule has 0 unspecified atom stereocenters. The van der Waals surface area contributed by atoms with E-state index >= 15 is 0 Å². The predicted octanol–water partition coefficient (Wildman–Crippen LogP) is 11.0. The van der Waals surface area contributed by atoms with Crippen molar-refractivity contribution in [2.45, 2.75) is 0 Å². The molecule has 0 saturated heterocycles. The molecule has 0 bridgehead atoms. The molecule has 2 heterocycles. The Kier molecular flexibility index (Phi) is 2.56. The fourth-order valence-corrected chi connectivity index (χ4v) is 5.66. The van der Waals surface area contributed by atoms with E-state index in [2.05, 4.69) is 0 Å². The van der Waals surface area contributed by atoms with Crippen LogP contribution in [0.25, 0.3) is 76.9 Å². The zero-order valence-corrected chi connectivity index (χ0v) is 20.5. The van der Waals surface area contributed by atoms with Crippen molar-refractivity contribution in [2.75, 3.05) is 0 Å². The molecule has 186 valence electrons. The molecule has 40 heavy (non-hydrogen) atoms. The van der Waals surface area contributed by atoms with Crippen molar-refractivity contribution in [1.82, 2.24) is 0 Å². The molecule has 1 aliphatic rings. The molecule has 0 atom stereocenters. The fraction of sp³-hybridized carbons (Fsp3) is 0. The first-order chi connectivity index (χ1) is 25.3. The lowest BCUT2D eigenvalue weighted by molar-refractivity contribution is 0.487. The highest BCUT2D eigenvalue weighted by Crippen LogP contribution is 2.50. The van der Waals surface area contributed by atoms with Gasteiger partial charge in [-0.05, 0) is 62.8 Å². The summed E-state index contributed by atoms with van der Waals surface area (Å²) < 4.78 is 127. The first-order valence-electron chi connectivity index (χ1n) is 19.0. The largest absolute Gasteiger partial charge is 0.456 e. The summed E-state index contributed by atoms with van der Waals surface area (Å²) in [6.45, 7) is 0. The van der Waals surface area contributed by atoms with Gasteiger partial charge in [-0.1, -0.05) is 109 Å². The molecule has 0 N–H and O–H groups in total. The van der Waals surface area contributed by atoms with E-state index in [0.29, 0.717) is 27.8 Å². The molecular weight excluding hydrogens is 488 g/mol. The van der Waals surface area contributed by atoms with Gasteiger partial charge in [0, 0.05) is 27.1 Å². The van der Waals surface area contributed by atoms with E-state index in [1.807, 2.05) is 36.4 Å². The van der Waals surface area contributed by atoms with E-state index in [0.717, 1.165) is 11.1 Å². The van der Waals surface area contributed by atoms with Crippen molar-refractivity contribution >= 4 is 43.5 Å². The number of hydrogen-bond donors (Lipinski definition) is 0. The Labute approximate surface area is 248 Å². The molecule has 1 aromatic heterocycles. The van der Waals surface area contributed by atoms with Crippen LogP contribution in [0.1, 0.15) is 17.8 Å². The van der Waals surface area contributed by atoms with Gasteiger partial charge in [0.1, 0.15) is 22.7 Å². The highest BCUT2D eigenvalue weighted by molar-refractivity contribution is 6.20. The average molecular weight is 524 g/mol. The number of rotatable bonds is 2. The minimum atomic E-state index is -0.643. The van der Waals surface area contributed by atoms with Crippen LogP contribution in [0.2, 0.25) is 0 Å². The third-order valence-corrected chi connectivity index (χ3v) is 7.36. The average Bonchev–Trinajstić information content (AvgIpc) is 3.55. The van der Waals surface area contributed by atoms with Crippen LogP contribution in [0.5, 0.6) is 11.5 Å². The second-order valence-corrected chi connectivity index (χ2v) is 9.45. The smallest absolute Gasteiger partial charge is 0.143 e. The summed E-state index contributed by atoms with van der Waals surface area (Å²) in [6.07, 6.45) is 0.